The molecule has 15 heavy (non-hydrogen) atoms. The van der Waals surface area contributed by atoms with Gasteiger partial charge in [-0.3, -0.25) is 0 Å². The van der Waals surface area contributed by atoms with E-state index in [-0.39, 0.29) is 0 Å². The van der Waals surface area contributed by atoms with E-state index in [2.05, 4.69) is 26.0 Å². The number of benzene rings is 1. The van der Waals surface area contributed by atoms with E-state index in [1.165, 1.54) is 12.0 Å². The molecule has 0 saturated heterocycles. The van der Waals surface area contributed by atoms with E-state index in [1.807, 2.05) is 18.2 Å². The van der Waals surface area contributed by atoms with Crippen LogP contribution in [0.5, 0.6) is 0 Å². The van der Waals surface area contributed by atoms with E-state index in [9.17, 15) is 0 Å². The summed E-state index contributed by atoms with van der Waals surface area (Å²) in [6, 6.07) is 11.4. The molecule has 0 aliphatic rings. The van der Waals surface area contributed by atoms with E-state index in [1.54, 1.807) is 14.2 Å². The predicted molar refractivity (Wildman–Crippen MR) is 67.4 cm³/mol. The van der Waals surface area contributed by atoms with Crippen LogP contribution in [-0.2, 0) is 8.85 Å². The van der Waals surface area contributed by atoms with Crippen LogP contribution in [0.3, 0.4) is 0 Å². The number of aryl methyl sites for hydroxylation is 1. The molecule has 0 aliphatic heterocycles. The fraction of sp³-hybridized carbons (Fsp3) is 0.500. The molecule has 0 radical (unpaired) electrons. The van der Waals surface area contributed by atoms with E-state index in [0.717, 1.165) is 6.04 Å². The van der Waals surface area contributed by atoms with Crippen LogP contribution in [0.2, 0.25) is 6.04 Å². The minimum atomic E-state index is -1.19. The van der Waals surface area contributed by atoms with Gasteiger partial charge in [0.15, 0.2) is 0 Å². The van der Waals surface area contributed by atoms with Gasteiger partial charge in [0.2, 0.25) is 0 Å². The summed E-state index contributed by atoms with van der Waals surface area (Å²) < 4.78 is 10.1. The summed E-state index contributed by atoms with van der Waals surface area (Å²) in [6.45, 7) is 4.22. The van der Waals surface area contributed by atoms with Gasteiger partial charge in [0.05, 0.1) is 0 Å². The predicted octanol–water partition coefficient (Wildman–Crippen LogP) is 2.90. The zero-order valence-electron chi connectivity index (χ0n) is 10.2. The number of hydrogen-bond donors (Lipinski definition) is 0. The Hall–Kier alpha value is -0.643. The smallest absolute Gasteiger partial charge is 0.320 e. The molecular weight excluding hydrogens is 204 g/mol. The van der Waals surface area contributed by atoms with Crippen molar-refractivity contribution in [3.63, 3.8) is 0 Å². The third kappa shape index (κ3) is 8.36. The Morgan fingerprint density at radius 2 is 1.60 bits per heavy atom. The first-order chi connectivity index (χ1) is 7.24. The van der Waals surface area contributed by atoms with Crippen molar-refractivity contribution in [3.05, 3.63) is 35.9 Å². The van der Waals surface area contributed by atoms with Gasteiger partial charge in [-0.1, -0.05) is 49.2 Å². The SMILES string of the molecule is CCC[SiH](OC)OC.Cc1ccccc1. The van der Waals surface area contributed by atoms with Crippen LogP contribution in [0.25, 0.3) is 0 Å². The molecule has 0 amide bonds. The Labute approximate surface area is 95.1 Å². The summed E-state index contributed by atoms with van der Waals surface area (Å²) in [5, 5.41) is 0. The standard InChI is InChI=1S/C7H8.C5H14O2Si/c1-7-5-3-2-4-6-7;1-4-5-8(6-2)7-3/h2-6H,1H3;8H,4-5H2,1-3H3. The fourth-order valence-corrected chi connectivity index (χ4v) is 2.24. The molecule has 0 atom stereocenters. The van der Waals surface area contributed by atoms with Gasteiger partial charge in [0.25, 0.3) is 0 Å². The van der Waals surface area contributed by atoms with Crippen LogP contribution in [0, 0.1) is 6.92 Å². The maximum absolute atomic E-state index is 5.06. The third-order valence-electron chi connectivity index (χ3n) is 1.99. The minimum absolute atomic E-state index is 1.12. The molecule has 3 heteroatoms. The topological polar surface area (TPSA) is 18.5 Å². The second kappa shape index (κ2) is 9.89. The van der Waals surface area contributed by atoms with Crippen molar-refractivity contribution >= 4 is 9.28 Å². The van der Waals surface area contributed by atoms with Crippen molar-refractivity contribution < 1.29 is 8.85 Å². The molecule has 0 unspecified atom stereocenters. The molecule has 86 valence electrons. The molecule has 1 aromatic rings. The summed E-state index contributed by atoms with van der Waals surface area (Å²) in [7, 11) is 2.24. The van der Waals surface area contributed by atoms with Crippen molar-refractivity contribution in [1.29, 1.82) is 0 Å². The first-order valence-electron chi connectivity index (χ1n) is 5.31. The van der Waals surface area contributed by atoms with E-state index in [4.69, 9.17) is 8.85 Å². The van der Waals surface area contributed by atoms with E-state index in [0.29, 0.717) is 0 Å². The second-order valence-corrected chi connectivity index (χ2v) is 5.72. The van der Waals surface area contributed by atoms with Crippen LogP contribution in [0.15, 0.2) is 30.3 Å². The van der Waals surface area contributed by atoms with Gasteiger partial charge in [-0.2, -0.15) is 0 Å². The highest BCUT2D eigenvalue weighted by Crippen LogP contribution is 1.96. The highest BCUT2D eigenvalue weighted by atomic mass is 28.3. The van der Waals surface area contributed by atoms with Gasteiger partial charge in [0, 0.05) is 14.2 Å². The van der Waals surface area contributed by atoms with Crippen molar-refractivity contribution in [2.75, 3.05) is 14.2 Å². The Bertz CT molecular complexity index is 222. The zero-order chi connectivity index (χ0) is 11.5. The average Bonchev–Trinajstić information content (AvgIpc) is 2.28. The first kappa shape index (κ1) is 14.4. The zero-order valence-corrected chi connectivity index (χ0v) is 11.3. The highest BCUT2D eigenvalue weighted by molar-refractivity contribution is 6.44. The van der Waals surface area contributed by atoms with Crippen LogP contribution in [0.1, 0.15) is 18.9 Å². The average molecular weight is 226 g/mol. The molecule has 0 spiro atoms. The van der Waals surface area contributed by atoms with Crippen LogP contribution in [0.4, 0.5) is 0 Å². The summed E-state index contributed by atoms with van der Waals surface area (Å²) >= 11 is 0. The minimum Gasteiger partial charge on any atom is -0.400 e. The number of rotatable bonds is 4. The third-order valence-corrected chi connectivity index (χ3v) is 4.09. The molecule has 0 heterocycles. The van der Waals surface area contributed by atoms with Crippen molar-refractivity contribution in [3.8, 4) is 0 Å². The van der Waals surface area contributed by atoms with Crippen LogP contribution < -0.4 is 0 Å². The quantitative estimate of drug-likeness (QED) is 0.735. The largest absolute Gasteiger partial charge is 0.400 e. The first-order valence-corrected chi connectivity index (χ1v) is 7.07. The summed E-state index contributed by atoms with van der Waals surface area (Å²) in [4.78, 5) is 0. The lowest BCUT2D eigenvalue weighted by atomic mass is 10.2. The second-order valence-electron chi connectivity index (χ2n) is 3.34. The molecule has 0 N–H and O–H groups in total. The molecular formula is C12H22O2Si. The van der Waals surface area contributed by atoms with E-state index >= 15 is 0 Å². The van der Waals surface area contributed by atoms with E-state index < -0.39 is 9.28 Å². The molecule has 2 nitrogen and oxygen atoms in total. The Morgan fingerprint density at radius 1 is 1.07 bits per heavy atom. The monoisotopic (exact) mass is 226 g/mol. The lowest BCUT2D eigenvalue weighted by Crippen LogP contribution is -2.17. The maximum atomic E-state index is 5.06. The lowest BCUT2D eigenvalue weighted by molar-refractivity contribution is 0.277. The van der Waals surface area contributed by atoms with Gasteiger partial charge in [-0.05, 0) is 13.0 Å². The molecule has 0 aliphatic carbocycles. The van der Waals surface area contributed by atoms with Crippen molar-refractivity contribution in [2.45, 2.75) is 26.3 Å². The van der Waals surface area contributed by atoms with Gasteiger partial charge in [-0.25, -0.2) is 0 Å². The van der Waals surface area contributed by atoms with Crippen molar-refractivity contribution in [1.82, 2.24) is 0 Å². The Morgan fingerprint density at radius 3 is 1.80 bits per heavy atom. The maximum Gasteiger partial charge on any atom is 0.320 e. The molecule has 0 fully saturated rings. The highest BCUT2D eigenvalue weighted by Gasteiger charge is 2.05. The summed E-state index contributed by atoms with van der Waals surface area (Å²) in [5.41, 5.74) is 1.32. The molecule has 1 aromatic carbocycles. The van der Waals surface area contributed by atoms with Gasteiger partial charge >= 0.3 is 9.28 Å². The molecule has 1 rings (SSSR count). The summed E-state index contributed by atoms with van der Waals surface area (Å²) in [6.07, 6.45) is 1.17. The number of hydrogen-bond acceptors (Lipinski definition) is 2. The lowest BCUT2D eigenvalue weighted by Gasteiger charge is -2.07. The molecule has 0 bridgehead atoms. The summed E-state index contributed by atoms with van der Waals surface area (Å²) in [5.74, 6) is 0. The molecule has 0 saturated carbocycles. The molecule has 0 aromatic heterocycles. The van der Waals surface area contributed by atoms with Crippen molar-refractivity contribution in [2.24, 2.45) is 0 Å². The normalized spacial score (nSPS) is 9.67. The van der Waals surface area contributed by atoms with Gasteiger partial charge in [-0.15, -0.1) is 0 Å². The Kier molecular flexibility index (Phi) is 9.47. The Balaban J connectivity index is 0.000000262. The van der Waals surface area contributed by atoms with Crippen LogP contribution >= 0.6 is 0 Å². The fourth-order valence-electron chi connectivity index (χ4n) is 1.10. The van der Waals surface area contributed by atoms with Crippen LogP contribution in [-0.4, -0.2) is 23.5 Å². The van der Waals surface area contributed by atoms with Gasteiger partial charge < -0.3 is 8.85 Å². The van der Waals surface area contributed by atoms with Gasteiger partial charge in [0.1, 0.15) is 0 Å².